The third-order valence-electron chi connectivity index (χ3n) is 4.56. The molecule has 3 N–H and O–H groups in total. The normalized spacial score (nSPS) is 15.5. The molecule has 1 aromatic rings. The predicted molar refractivity (Wildman–Crippen MR) is 95.7 cm³/mol. The summed E-state index contributed by atoms with van der Waals surface area (Å²) in [5.41, 5.74) is 8.00. The molecular weight excluding hydrogens is 288 g/mol. The topological polar surface area (TPSA) is 61.6 Å². The quantitative estimate of drug-likeness (QED) is 0.847. The number of carbonyl (C=O) groups excluding carboxylic acids is 1. The summed E-state index contributed by atoms with van der Waals surface area (Å²) in [6.45, 7) is 7.97. The molecule has 0 aromatic heterocycles. The Labute approximate surface area is 139 Å². The van der Waals surface area contributed by atoms with E-state index in [1.807, 2.05) is 23.6 Å². The molecule has 2 rings (SSSR count). The Bertz CT molecular complexity index is 476. The van der Waals surface area contributed by atoms with E-state index in [4.69, 9.17) is 5.73 Å². The van der Waals surface area contributed by atoms with Crippen LogP contribution >= 0.6 is 0 Å². The molecule has 0 unspecified atom stereocenters. The average Bonchev–Trinajstić information content (AvgIpc) is 2.58. The van der Waals surface area contributed by atoms with Gasteiger partial charge < -0.3 is 20.9 Å². The van der Waals surface area contributed by atoms with E-state index in [-0.39, 0.29) is 6.03 Å². The highest BCUT2D eigenvalue weighted by atomic mass is 16.2. The third-order valence-corrected chi connectivity index (χ3v) is 4.56. The number of urea groups is 1. The van der Waals surface area contributed by atoms with Crippen molar-refractivity contribution < 1.29 is 4.79 Å². The SMILES string of the molecule is CCN(CC)C(=O)N1CCC(Nc2ccc(CCN)cc2)CC1. The van der Waals surface area contributed by atoms with Crippen LogP contribution in [0, 0.1) is 0 Å². The first-order valence-electron chi connectivity index (χ1n) is 8.77. The van der Waals surface area contributed by atoms with Crippen molar-refractivity contribution in [1.29, 1.82) is 0 Å². The van der Waals surface area contributed by atoms with Gasteiger partial charge in [0.15, 0.2) is 0 Å². The second-order valence-electron chi connectivity index (χ2n) is 6.10. The molecule has 5 nitrogen and oxygen atoms in total. The molecule has 0 radical (unpaired) electrons. The number of amides is 2. The Kier molecular flexibility index (Phi) is 6.71. The highest BCUT2D eigenvalue weighted by molar-refractivity contribution is 5.74. The van der Waals surface area contributed by atoms with E-state index in [0.29, 0.717) is 12.6 Å². The summed E-state index contributed by atoms with van der Waals surface area (Å²) in [7, 11) is 0. The summed E-state index contributed by atoms with van der Waals surface area (Å²) in [5.74, 6) is 0. The first-order valence-corrected chi connectivity index (χ1v) is 8.77. The molecule has 128 valence electrons. The summed E-state index contributed by atoms with van der Waals surface area (Å²) in [6, 6.07) is 9.13. The van der Waals surface area contributed by atoms with Gasteiger partial charge >= 0.3 is 6.03 Å². The number of nitrogens with zero attached hydrogens (tertiary/aromatic N) is 2. The van der Waals surface area contributed by atoms with Crippen LogP contribution in [0.15, 0.2) is 24.3 Å². The van der Waals surface area contributed by atoms with Crippen LogP contribution in [0.4, 0.5) is 10.5 Å². The van der Waals surface area contributed by atoms with Gasteiger partial charge in [0.25, 0.3) is 0 Å². The monoisotopic (exact) mass is 318 g/mol. The Morgan fingerprint density at radius 3 is 2.35 bits per heavy atom. The fourth-order valence-electron chi connectivity index (χ4n) is 3.08. The summed E-state index contributed by atoms with van der Waals surface area (Å²) in [6.07, 6.45) is 2.92. The summed E-state index contributed by atoms with van der Waals surface area (Å²) in [5, 5.41) is 3.58. The standard InChI is InChI=1S/C18H30N4O/c1-3-21(4-2)18(23)22-13-10-17(11-14-22)20-16-7-5-15(6-8-16)9-12-19/h5-8,17,20H,3-4,9-14,19H2,1-2H3. The first kappa shape index (κ1) is 17.6. The molecule has 1 fully saturated rings. The van der Waals surface area contributed by atoms with Crippen LogP contribution in [0.5, 0.6) is 0 Å². The molecule has 1 saturated heterocycles. The number of hydrogen-bond acceptors (Lipinski definition) is 3. The number of rotatable bonds is 6. The summed E-state index contributed by atoms with van der Waals surface area (Å²) >= 11 is 0. The number of piperidine rings is 1. The van der Waals surface area contributed by atoms with Crippen LogP contribution < -0.4 is 11.1 Å². The molecule has 1 aliphatic rings. The van der Waals surface area contributed by atoms with Gasteiger partial charge in [-0.05, 0) is 57.4 Å². The van der Waals surface area contributed by atoms with Crippen LogP contribution in [-0.2, 0) is 6.42 Å². The molecule has 0 saturated carbocycles. The maximum absolute atomic E-state index is 12.3. The average molecular weight is 318 g/mol. The molecule has 1 aliphatic heterocycles. The van der Waals surface area contributed by atoms with Gasteiger partial charge in [-0.3, -0.25) is 0 Å². The van der Waals surface area contributed by atoms with Gasteiger partial charge in [0, 0.05) is 37.9 Å². The van der Waals surface area contributed by atoms with Crippen molar-refractivity contribution >= 4 is 11.7 Å². The predicted octanol–water partition coefficient (Wildman–Crippen LogP) is 2.53. The zero-order chi connectivity index (χ0) is 16.7. The number of likely N-dealkylation sites (tertiary alicyclic amines) is 1. The Balaban J connectivity index is 1.81. The van der Waals surface area contributed by atoms with Crippen molar-refractivity contribution in [3.05, 3.63) is 29.8 Å². The van der Waals surface area contributed by atoms with Crippen LogP contribution in [0.25, 0.3) is 0 Å². The first-order chi connectivity index (χ1) is 11.2. The number of nitrogens with two attached hydrogens (primary N) is 1. The van der Waals surface area contributed by atoms with E-state index >= 15 is 0 Å². The van der Waals surface area contributed by atoms with E-state index in [2.05, 4.69) is 29.6 Å². The fraction of sp³-hybridized carbons (Fsp3) is 0.611. The number of carbonyl (C=O) groups is 1. The van der Waals surface area contributed by atoms with Crippen LogP contribution in [-0.4, -0.2) is 54.6 Å². The smallest absolute Gasteiger partial charge is 0.319 e. The van der Waals surface area contributed by atoms with Gasteiger partial charge in [-0.1, -0.05) is 12.1 Å². The maximum Gasteiger partial charge on any atom is 0.319 e. The number of anilines is 1. The second kappa shape index (κ2) is 8.77. The third kappa shape index (κ3) is 4.86. The van der Waals surface area contributed by atoms with E-state index < -0.39 is 0 Å². The summed E-state index contributed by atoms with van der Waals surface area (Å²) in [4.78, 5) is 16.2. The number of hydrogen-bond donors (Lipinski definition) is 2. The molecule has 0 aliphatic carbocycles. The molecular formula is C18H30N4O. The van der Waals surface area contributed by atoms with E-state index in [1.54, 1.807) is 0 Å². The fourth-order valence-corrected chi connectivity index (χ4v) is 3.08. The molecule has 2 amide bonds. The summed E-state index contributed by atoms with van der Waals surface area (Å²) < 4.78 is 0. The van der Waals surface area contributed by atoms with Gasteiger partial charge in [0.05, 0.1) is 0 Å². The molecule has 0 spiro atoms. The van der Waals surface area contributed by atoms with Crippen LogP contribution in [0.2, 0.25) is 0 Å². The van der Waals surface area contributed by atoms with Gasteiger partial charge in [-0.15, -0.1) is 0 Å². The van der Waals surface area contributed by atoms with Crippen LogP contribution in [0.3, 0.4) is 0 Å². The van der Waals surface area contributed by atoms with E-state index in [1.165, 1.54) is 5.56 Å². The minimum Gasteiger partial charge on any atom is -0.382 e. The van der Waals surface area contributed by atoms with Crippen molar-refractivity contribution in [2.75, 3.05) is 38.0 Å². The lowest BCUT2D eigenvalue weighted by atomic mass is 10.0. The Morgan fingerprint density at radius 1 is 1.22 bits per heavy atom. The lowest BCUT2D eigenvalue weighted by Gasteiger charge is -2.35. The molecule has 0 atom stereocenters. The van der Waals surface area contributed by atoms with Crippen molar-refractivity contribution in [2.45, 2.75) is 39.2 Å². The molecule has 23 heavy (non-hydrogen) atoms. The van der Waals surface area contributed by atoms with Crippen molar-refractivity contribution in [1.82, 2.24) is 9.80 Å². The van der Waals surface area contributed by atoms with Gasteiger partial charge in [-0.25, -0.2) is 4.79 Å². The van der Waals surface area contributed by atoms with Gasteiger partial charge in [0.2, 0.25) is 0 Å². The Morgan fingerprint density at radius 2 is 1.83 bits per heavy atom. The van der Waals surface area contributed by atoms with E-state index in [9.17, 15) is 4.79 Å². The van der Waals surface area contributed by atoms with E-state index in [0.717, 1.165) is 51.1 Å². The molecule has 5 heteroatoms. The lowest BCUT2D eigenvalue weighted by Crippen LogP contribution is -2.48. The molecule has 1 heterocycles. The molecule has 0 bridgehead atoms. The minimum absolute atomic E-state index is 0.180. The lowest BCUT2D eigenvalue weighted by molar-refractivity contribution is 0.145. The van der Waals surface area contributed by atoms with Gasteiger partial charge in [-0.2, -0.15) is 0 Å². The molecule has 1 aromatic carbocycles. The zero-order valence-electron chi connectivity index (χ0n) is 14.4. The minimum atomic E-state index is 0.180. The maximum atomic E-state index is 12.3. The van der Waals surface area contributed by atoms with Crippen molar-refractivity contribution in [3.63, 3.8) is 0 Å². The van der Waals surface area contributed by atoms with Crippen molar-refractivity contribution in [2.24, 2.45) is 5.73 Å². The van der Waals surface area contributed by atoms with Gasteiger partial charge in [0.1, 0.15) is 0 Å². The highest BCUT2D eigenvalue weighted by Gasteiger charge is 2.24. The highest BCUT2D eigenvalue weighted by Crippen LogP contribution is 2.18. The van der Waals surface area contributed by atoms with Crippen molar-refractivity contribution in [3.8, 4) is 0 Å². The second-order valence-corrected chi connectivity index (χ2v) is 6.10. The largest absolute Gasteiger partial charge is 0.382 e. The number of benzene rings is 1. The number of nitrogens with one attached hydrogen (secondary N) is 1. The zero-order valence-corrected chi connectivity index (χ0v) is 14.4. The Hall–Kier alpha value is -1.75. The van der Waals surface area contributed by atoms with Crippen LogP contribution in [0.1, 0.15) is 32.3 Å².